The lowest BCUT2D eigenvalue weighted by molar-refractivity contribution is -0.116. The van der Waals surface area contributed by atoms with E-state index in [-0.39, 0.29) is 5.91 Å². The number of amides is 1. The molecule has 3 heteroatoms. The lowest BCUT2D eigenvalue weighted by atomic mass is 10.1. The maximum absolute atomic E-state index is 12.1. The molecule has 1 heterocycles. The standard InChI is InChI=1S/C18H22N2O/c21-18(10-13-20-11-4-1-5-12-20)19-17-9-8-15-6-2-3-7-16(15)14-17/h2-3,6-9,14H,1,4-5,10-13H2,(H,19,21). The number of anilines is 1. The van der Waals surface area contributed by atoms with Crippen molar-refractivity contribution in [2.45, 2.75) is 25.7 Å². The van der Waals surface area contributed by atoms with Crippen LogP contribution in [0.2, 0.25) is 0 Å². The molecule has 1 fully saturated rings. The van der Waals surface area contributed by atoms with Gasteiger partial charge < -0.3 is 10.2 Å². The maximum atomic E-state index is 12.1. The number of rotatable bonds is 4. The minimum atomic E-state index is 0.107. The van der Waals surface area contributed by atoms with E-state index in [0.29, 0.717) is 6.42 Å². The predicted octanol–water partition coefficient (Wildman–Crippen LogP) is 3.65. The van der Waals surface area contributed by atoms with Crippen molar-refractivity contribution >= 4 is 22.4 Å². The van der Waals surface area contributed by atoms with E-state index < -0.39 is 0 Å². The van der Waals surface area contributed by atoms with Gasteiger partial charge >= 0.3 is 0 Å². The molecule has 0 radical (unpaired) electrons. The molecule has 0 bridgehead atoms. The van der Waals surface area contributed by atoms with E-state index in [0.717, 1.165) is 30.7 Å². The number of hydrogen-bond acceptors (Lipinski definition) is 2. The van der Waals surface area contributed by atoms with Gasteiger partial charge in [-0.3, -0.25) is 4.79 Å². The van der Waals surface area contributed by atoms with E-state index in [9.17, 15) is 4.79 Å². The Morgan fingerprint density at radius 1 is 1.00 bits per heavy atom. The van der Waals surface area contributed by atoms with Crippen LogP contribution in [0.4, 0.5) is 5.69 Å². The van der Waals surface area contributed by atoms with Gasteiger partial charge in [-0.2, -0.15) is 0 Å². The van der Waals surface area contributed by atoms with Gasteiger partial charge in [0.15, 0.2) is 0 Å². The highest BCUT2D eigenvalue weighted by Crippen LogP contribution is 2.19. The molecule has 0 aliphatic carbocycles. The minimum absolute atomic E-state index is 0.107. The minimum Gasteiger partial charge on any atom is -0.326 e. The van der Waals surface area contributed by atoms with E-state index in [1.165, 1.54) is 24.6 Å². The Hall–Kier alpha value is -1.87. The van der Waals surface area contributed by atoms with Gasteiger partial charge in [0, 0.05) is 18.7 Å². The molecular formula is C18H22N2O. The largest absolute Gasteiger partial charge is 0.326 e. The van der Waals surface area contributed by atoms with Crippen LogP contribution in [0.25, 0.3) is 10.8 Å². The molecule has 3 rings (SSSR count). The molecule has 0 spiro atoms. The Morgan fingerprint density at radius 3 is 2.57 bits per heavy atom. The first-order chi connectivity index (χ1) is 10.3. The van der Waals surface area contributed by atoms with E-state index in [4.69, 9.17) is 0 Å². The number of fused-ring (bicyclic) bond motifs is 1. The molecule has 0 unspecified atom stereocenters. The van der Waals surface area contributed by atoms with Crippen molar-refractivity contribution in [2.75, 3.05) is 25.0 Å². The van der Waals surface area contributed by atoms with Crippen molar-refractivity contribution in [3.8, 4) is 0 Å². The second-order valence-electron chi connectivity index (χ2n) is 5.76. The van der Waals surface area contributed by atoms with Gasteiger partial charge in [-0.25, -0.2) is 0 Å². The Morgan fingerprint density at radius 2 is 1.76 bits per heavy atom. The number of hydrogen-bond donors (Lipinski definition) is 1. The van der Waals surface area contributed by atoms with Gasteiger partial charge in [0.2, 0.25) is 5.91 Å². The SMILES string of the molecule is O=C(CCN1CCCCC1)Nc1ccc2ccccc2c1. The van der Waals surface area contributed by atoms with Crippen molar-refractivity contribution < 1.29 is 4.79 Å². The van der Waals surface area contributed by atoms with Gasteiger partial charge in [0.1, 0.15) is 0 Å². The summed E-state index contributed by atoms with van der Waals surface area (Å²) in [6.07, 6.45) is 4.45. The van der Waals surface area contributed by atoms with Crippen LogP contribution in [0.5, 0.6) is 0 Å². The molecule has 2 aromatic carbocycles. The molecule has 1 N–H and O–H groups in total. The highest BCUT2D eigenvalue weighted by Gasteiger charge is 2.11. The fraction of sp³-hybridized carbons (Fsp3) is 0.389. The fourth-order valence-corrected chi connectivity index (χ4v) is 2.93. The maximum Gasteiger partial charge on any atom is 0.225 e. The molecule has 1 aliphatic heterocycles. The van der Waals surface area contributed by atoms with Gasteiger partial charge in [-0.15, -0.1) is 0 Å². The molecule has 2 aromatic rings. The summed E-state index contributed by atoms with van der Waals surface area (Å²) in [5.41, 5.74) is 0.886. The topological polar surface area (TPSA) is 32.3 Å². The Labute approximate surface area is 125 Å². The average molecular weight is 282 g/mol. The molecule has 0 saturated carbocycles. The quantitative estimate of drug-likeness (QED) is 0.928. The third-order valence-corrected chi connectivity index (χ3v) is 4.14. The predicted molar refractivity (Wildman–Crippen MR) is 87.5 cm³/mol. The average Bonchev–Trinajstić information content (AvgIpc) is 2.54. The summed E-state index contributed by atoms with van der Waals surface area (Å²) in [5, 5.41) is 5.36. The zero-order valence-corrected chi connectivity index (χ0v) is 12.3. The van der Waals surface area contributed by atoms with Gasteiger partial charge in [-0.1, -0.05) is 36.8 Å². The van der Waals surface area contributed by atoms with Crippen LogP contribution < -0.4 is 5.32 Å². The van der Waals surface area contributed by atoms with Gasteiger partial charge in [0.05, 0.1) is 0 Å². The zero-order valence-electron chi connectivity index (χ0n) is 12.3. The van der Waals surface area contributed by atoms with Crippen LogP contribution in [-0.2, 0) is 4.79 Å². The molecule has 1 amide bonds. The van der Waals surface area contributed by atoms with Crippen LogP contribution in [0.1, 0.15) is 25.7 Å². The summed E-state index contributed by atoms with van der Waals surface area (Å²) in [7, 11) is 0. The number of carbonyl (C=O) groups excluding carboxylic acids is 1. The highest BCUT2D eigenvalue weighted by atomic mass is 16.1. The third kappa shape index (κ3) is 3.82. The lowest BCUT2D eigenvalue weighted by Crippen LogP contribution is -2.32. The Bertz CT molecular complexity index is 617. The summed E-state index contributed by atoms with van der Waals surface area (Å²) in [4.78, 5) is 14.4. The van der Waals surface area contributed by atoms with Crippen molar-refractivity contribution in [1.29, 1.82) is 0 Å². The molecule has 1 aliphatic rings. The molecule has 110 valence electrons. The van der Waals surface area contributed by atoms with Crippen molar-refractivity contribution in [3.05, 3.63) is 42.5 Å². The summed E-state index contributed by atoms with van der Waals surface area (Å²) in [6, 6.07) is 14.3. The van der Waals surface area contributed by atoms with Crippen LogP contribution in [0, 0.1) is 0 Å². The van der Waals surface area contributed by atoms with Crippen molar-refractivity contribution in [2.24, 2.45) is 0 Å². The first-order valence-electron chi connectivity index (χ1n) is 7.82. The van der Waals surface area contributed by atoms with E-state index in [1.807, 2.05) is 24.3 Å². The third-order valence-electron chi connectivity index (χ3n) is 4.14. The monoisotopic (exact) mass is 282 g/mol. The second kappa shape index (κ2) is 6.72. The number of benzene rings is 2. The van der Waals surface area contributed by atoms with E-state index >= 15 is 0 Å². The first-order valence-corrected chi connectivity index (χ1v) is 7.82. The van der Waals surface area contributed by atoms with Gasteiger partial charge in [-0.05, 0) is 48.8 Å². The number of carbonyl (C=O) groups is 1. The van der Waals surface area contributed by atoms with Crippen molar-refractivity contribution in [1.82, 2.24) is 4.90 Å². The second-order valence-corrected chi connectivity index (χ2v) is 5.76. The number of piperidine rings is 1. The summed E-state index contributed by atoms with van der Waals surface area (Å²) in [5.74, 6) is 0.107. The molecule has 0 aromatic heterocycles. The number of likely N-dealkylation sites (tertiary alicyclic amines) is 1. The molecular weight excluding hydrogens is 260 g/mol. The normalized spacial score (nSPS) is 16.0. The highest BCUT2D eigenvalue weighted by molar-refractivity contribution is 5.94. The zero-order chi connectivity index (χ0) is 14.5. The lowest BCUT2D eigenvalue weighted by Gasteiger charge is -2.25. The molecule has 21 heavy (non-hydrogen) atoms. The smallest absolute Gasteiger partial charge is 0.225 e. The van der Waals surface area contributed by atoms with E-state index in [2.05, 4.69) is 28.4 Å². The van der Waals surface area contributed by atoms with Crippen LogP contribution in [0.15, 0.2) is 42.5 Å². The van der Waals surface area contributed by atoms with Crippen LogP contribution in [0.3, 0.4) is 0 Å². The van der Waals surface area contributed by atoms with Crippen LogP contribution in [-0.4, -0.2) is 30.4 Å². The summed E-state index contributed by atoms with van der Waals surface area (Å²) in [6.45, 7) is 3.16. The van der Waals surface area contributed by atoms with Gasteiger partial charge in [0.25, 0.3) is 0 Å². The summed E-state index contributed by atoms with van der Waals surface area (Å²) < 4.78 is 0. The Kier molecular flexibility index (Phi) is 4.51. The first kappa shape index (κ1) is 14.1. The van der Waals surface area contributed by atoms with Crippen LogP contribution >= 0.6 is 0 Å². The Balaban J connectivity index is 1.55. The number of nitrogens with zero attached hydrogens (tertiary/aromatic N) is 1. The summed E-state index contributed by atoms with van der Waals surface area (Å²) >= 11 is 0. The van der Waals surface area contributed by atoms with Crippen molar-refractivity contribution in [3.63, 3.8) is 0 Å². The number of nitrogens with one attached hydrogen (secondary N) is 1. The molecule has 0 atom stereocenters. The molecule has 1 saturated heterocycles. The van der Waals surface area contributed by atoms with E-state index in [1.54, 1.807) is 0 Å². The fourth-order valence-electron chi connectivity index (χ4n) is 2.93. The molecule has 3 nitrogen and oxygen atoms in total.